The van der Waals surface area contributed by atoms with Crippen molar-refractivity contribution in [3.05, 3.63) is 59.2 Å². The number of esters is 1. The van der Waals surface area contributed by atoms with Crippen LogP contribution in [-0.4, -0.2) is 25.5 Å². The van der Waals surface area contributed by atoms with E-state index in [1.807, 2.05) is 25.1 Å². The first-order chi connectivity index (χ1) is 12.0. The van der Waals surface area contributed by atoms with Gasteiger partial charge in [0.2, 0.25) is 0 Å². The van der Waals surface area contributed by atoms with Crippen molar-refractivity contribution in [1.82, 2.24) is 5.32 Å². The van der Waals surface area contributed by atoms with Crippen molar-refractivity contribution in [2.24, 2.45) is 0 Å². The van der Waals surface area contributed by atoms with E-state index in [-0.39, 0.29) is 24.6 Å². The number of hydrogen-bond donors (Lipinski definition) is 1. The summed E-state index contributed by atoms with van der Waals surface area (Å²) in [5, 5.41) is 11.5. The molecule has 0 saturated heterocycles. The second-order valence-electron chi connectivity index (χ2n) is 5.27. The lowest BCUT2D eigenvalue weighted by atomic mass is 10.1. The SMILES string of the molecule is COc1cc(C#N)ccc1OC(=O)CCNC(=O)c1ccccc1C. The van der Waals surface area contributed by atoms with E-state index in [0.29, 0.717) is 16.9 Å². The average Bonchev–Trinajstić information content (AvgIpc) is 2.62. The third-order valence-electron chi connectivity index (χ3n) is 3.52. The zero-order chi connectivity index (χ0) is 18.2. The van der Waals surface area contributed by atoms with Crippen LogP contribution in [0.3, 0.4) is 0 Å². The quantitative estimate of drug-likeness (QED) is 0.646. The van der Waals surface area contributed by atoms with Crippen molar-refractivity contribution >= 4 is 11.9 Å². The summed E-state index contributed by atoms with van der Waals surface area (Å²) in [6.07, 6.45) is 0.0147. The second-order valence-corrected chi connectivity index (χ2v) is 5.27. The Labute approximate surface area is 146 Å². The number of nitriles is 1. The summed E-state index contributed by atoms with van der Waals surface area (Å²) in [5.74, 6) is -0.206. The molecule has 1 N–H and O–H groups in total. The average molecular weight is 338 g/mol. The fourth-order valence-electron chi connectivity index (χ4n) is 2.20. The van der Waals surface area contributed by atoms with E-state index >= 15 is 0 Å². The molecule has 0 fully saturated rings. The number of rotatable bonds is 6. The van der Waals surface area contributed by atoms with Gasteiger partial charge in [0, 0.05) is 18.2 Å². The van der Waals surface area contributed by atoms with Crippen LogP contribution in [0.2, 0.25) is 0 Å². The molecule has 0 unspecified atom stereocenters. The lowest BCUT2D eigenvalue weighted by molar-refractivity contribution is -0.134. The molecule has 0 spiro atoms. The van der Waals surface area contributed by atoms with E-state index in [2.05, 4.69) is 5.32 Å². The Hall–Kier alpha value is -3.33. The Kier molecular flexibility index (Phi) is 6.13. The van der Waals surface area contributed by atoms with Crippen LogP contribution in [0.5, 0.6) is 11.5 Å². The molecule has 0 heterocycles. The van der Waals surface area contributed by atoms with Crippen molar-refractivity contribution in [2.75, 3.05) is 13.7 Å². The lowest BCUT2D eigenvalue weighted by Crippen LogP contribution is -2.27. The van der Waals surface area contributed by atoms with Gasteiger partial charge in [0.25, 0.3) is 5.91 Å². The molecular weight excluding hydrogens is 320 g/mol. The van der Waals surface area contributed by atoms with E-state index in [9.17, 15) is 9.59 Å². The maximum atomic E-state index is 12.1. The van der Waals surface area contributed by atoms with Gasteiger partial charge in [-0.15, -0.1) is 0 Å². The molecule has 0 saturated carbocycles. The monoisotopic (exact) mass is 338 g/mol. The molecule has 0 radical (unpaired) electrons. The highest BCUT2D eigenvalue weighted by molar-refractivity contribution is 5.95. The van der Waals surface area contributed by atoms with E-state index in [4.69, 9.17) is 14.7 Å². The van der Waals surface area contributed by atoms with Gasteiger partial charge in [0.05, 0.1) is 25.2 Å². The number of benzene rings is 2. The normalized spacial score (nSPS) is 9.80. The highest BCUT2D eigenvalue weighted by Gasteiger charge is 2.12. The number of carbonyl (C=O) groups is 2. The summed E-state index contributed by atoms with van der Waals surface area (Å²) in [6, 6.07) is 13.7. The number of nitrogens with zero attached hydrogens (tertiary/aromatic N) is 1. The van der Waals surface area contributed by atoms with E-state index < -0.39 is 5.97 Å². The van der Waals surface area contributed by atoms with E-state index in [0.717, 1.165) is 5.56 Å². The molecule has 6 heteroatoms. The van der Waals surface area contributed by atoms with Crippen LogP contribution in [0.4, 0.5) is 0 Å². The van der Waals surface area contributed by atoms with Crippen LogP contribution >= 0.6 is 0 Å². The molecule has 0 bridgehead atoms. The Morgan fingerprint density at radius 1 is 1.16 bits per heavy atom. The maximum absolute atomic E-state index is 12.1. The highest BCUT2D eigenvalue weighted by Crippen LogP contribution is 2.28. The van der Waals surface area contributed by atoms with Crippen molar-refractivity contribution in [3.63, 3.8) is 0 Å². The van der Waals surface area contributed by atoms with Crippen LogP contribution in [-0.2, 0) is 4.79 Å². The predicted octanol–water partition coefficient (Wildman–Crippen LogP) is 2.60. The van der Waals surface area contributed by atoms with Gasteiger partial charge in [-0.3, -0.25) is 9.59 Å². The van der Waals surface area contributed by atoms with E-state index in [1.165, 1.54) is 25.3 Å². The van der Waals surface area contributed by atoms with Gasteiger partial charge in [-0.25, -0.2) is 0 Å². The maximum Gasteiger partial charge on any atom is 0.313 e. The summed E-state index contributed by atoms with van der Waals surface area (Å²) in [7, 11) is 1.43. The molecular formula is C19H18N2O4. The molecule has 0 atom stereocenters. The Morgan fingerprint density at radius 3 is 2.60 bits per heavy atom. The minimum Gasteiger partial charge on any atom is -0.493 e. The number of hydrogen-bond acceptors (Lipinski definition) is 5. The van der Waals surface area contributed by atoms with Gasteiger partial charge >= 0.3 is 5.97 Å². The fourth-order valence-corrected chi connectivity index (χ4v) is 2.20. The lowest BCUT2D eigenvalue weighted by Gasteiger charge is -2.10. The summed E-state index contributed by atoms with van der Waals surface area (Å²) >= 11 is 0. The van der Waals surface area contributed by atoms with Crippen LogP contribution in [0.25, 0.3) is 0 Å². The van der Waals surface area contributed by atoms with E-state index in [1.54, 1.807) is 12.1 Å². The number of amides is 1. The molecule has 2 rings (SSSR count). The molecule has 0 aliphatic carbocycles. The van der Waals surface area contributed by atoms with Crippen LogP contribution in [0, 0.1) is 18.3 Å². The van der Waals surface area contributed by atoms with Gasteiger partial charge in [-0.1, -0.05) is 18.2 Å². The third kappa shape index (κ3) is 4.82. The zero-order valence-corrected chi connectivity index (χ0v) is 14.0. The molecule has 25 heavy (non-hydrogen) atoms. The Morgan fingerprint density at radius 2 is 1.92 bits per heavy atom. The van der Waals surface area contributed by atoms with Crippen molar-refractivity contribution in [2.45, 2.75) is 13.3 Å². The molecule has 0 aromatic heterocycles. The summed E-state index contributed by atoms with van der Waals surface area (Å²) in [4.78, 5) is 24.0. The minimum atomic E-state index is -0.506. The first kappa shape index (κ1) is 18.0. The number of ether oxygens (including phenoxy) is 2. The predicted molar refractivity (Wildman–Crippen MR) is 91.5 cm³/mol. The standard InChI is InChI=1S/C19H18N2O4/c1-13-5-3-4-6-15(13)19(23)21-10-9-18(22)25-16-8-7-14(12-20)11-17(16)24-2/h3-8,11H,9-10H2,1-2H3,(H,21,23). The highest BCUT2D eigenvalue weighted by atomic mass is 16.6. The number of aryl methyl sites for hydroxylation is 1. The molecule has 0 aliphatic rings. The number of methoxy groups -OCH3 is 1. The van der Waals surface area contributed by atoms with Crippen LogP contribution < -0.4 is 14.8 Å². The van der Waals surface area contributed by atoms with Gasteiger partial charge in [-0.05, 0) is 30.7 Å². The Balaban J connectivity index is 1.88. The summed E-state index contributed by atoms with van der Waals surface area (Å²) in [5.41, 5.74) is 1.84. The number of nitrogens with one attached hydrogen (secondary N) is 1. The zero-order valence-electron chi connectivity index (χ0n) is 14.0. The molecule has 2 aromatic rings. The summed E-state index contributed by atoms with van der Waals surface area (Å²) < 4.78 is 10.3. The molecule has 0 aliphatic heterocycles. The topological polar surface area (TPSA) is 88.4 Å². The van der Waals surface area contributed by atoms with Crippen molar-refractivity contribution in [1.29, 1.82) is 5.26 Å². The van der Waals surface area contributed by atoms with Gasteiger partial charge in [0.1, 0.15) is 0 Å². The summed E-state index contributed by atoms with van der Waals surface area (Å²) in [6.45, 7) is 2.00. The van der Waals surface area contributed by atoms with Crippen LogP contribution in [0.1, 0.15) is 27.9 Å². The van der Waals surface area contributed by atoms with Gasteiger partial charge in [0.15, 0.2) is 11.5 Å². The van der Waals surface area contributed by atoms with Gasteiger partial charge < -0.3 is 14.8 Å². The first-order valence-electron chi connectivity index (χ1n) is 7.67. The smallest absolute Gasteiger partial charge is 0.313 e. The molecule has 6 nitrogen and oxygen atoms in total. The Bertz CT molecular complexity index is 824. The first-order valence-corrected chi connectivity index (χ1v) is 7.67. The van der Waals surface area contributed by atoms with Gasteiger partial charge in [-0.2, -0.15) is 5.26 Å². The van der Waals surface area contributed by atoms with Crippen LogP contribution in [0.15, 0.2) is 42.5 Å². The molecule has 2 aromatic carbocycles. The molecule has 1 amide bonds. The third-order valence-corrected chi connectivity index (χ3v) is 3.52. The fraction of sp³-hybridized carbons (Fsp3) is 0.211. The van der Waals surface area contributed by atoms with Crippen molar-refractivity contribution in [3.8, 4) is 17.6 Å². The minimum absolute atomic E-state index is 0.0147. The van der Waals surface area contributed by atoms with Crippen molar-refractivity contribution < 1.29 is 19.1 Å². The largest absolute Gasteiger partial charge is 0.493 e. The number of carbonyl (C=O) groups excluding carboxylic acids is 2. The molecule has 128 valence electrons. The second kappa shape index (κ2) is 8.50.